The van der Waals surface area contributed by atoms with Crippen LogP contribution in [-0.4, -0.2) is 5.91 Å². The van der Waals surface area contributed by atoms with Crippen LogP contribution in [0.2, 0.25) is 0 Å². The molecule has 2 aromatic rings. The molecule has 0 aliphatic carbocycles. The zero-order chi connectivity index (χ0) is 13.8. The highest BCUT2D eigenvalue weighted by Gasteiger charge is 2.10. The zero-order valence-electron chi connectivity index (χ0n) is 10.1. The van der Waals surface area contributed by atoms with Crippen LogP contribution in [-0.2, 0) is 6.54 Å². The number of carbonyl (C=O) groups excluding carboxylic acids is 1. The van der Waals surface area contributed by atoms with Crippen molar-refractivity contribution in [3.05, 3.63) is 59.4 Å². The van der Waals surface area contributed by atoms with Crippen molar-refractivity contribution in [1.82, 2.24) is 0 Å². The summed E-state index contributed by atoms with van der Waals surface area (Å²) in [7, 11) is 0. The fourth-order valence-corrected chi connectivity index (χ4v) is 1.63. The molecular weight excluding hydrogens is 247 g/mol. The van der Waals surface area contributed by atoms with E-state index in [9.17, 15) is 9.18 Å². The summed E-state index contributed by atoms with van der Waals surface area (Å²) in [5, 5.41) is 0. The van der Waals surface area contributed by atoms with Crippen molar-refractivity contribution in [2.45, 2.75) is 6.54 Å². The van der Waals surface area contributed by atoms with E-state index < -0.39 is 11.7 Å². The smallest absolute Gasteiger partial charge is 0.248 e. The van der Waals surface area contributed by atoms with Crippen molar-refractivity contribution in [1.29, 1.82) is 0 Å². The minimum atomic E-state index is -0.528. The van der Waals surface area contributed by atoms with Gasteiger partial charge in [0.05, 0.1) is 0 Å². The number of halogens is 1. The van der Waals surface area contributed by atoms with Crippen molar-refractivity contribution in [2.24, 2.45) is 11.5 Å². The molecule has 0 heterocycles. The summed E-state index contributed by atoms with van der Waals surface area (Å²) in [5.74, 6) is -0.511. The van der Waals surface area contributed by atoms with Gasteiger partial charge in [0, 0.05) is 17.7 Å². The van der Waals surface area contributed by atoms with Gasteiger partial charge in [0.1, 0.15) is 5.75 Å². The van der Waals surface area contributed by atoms with E-state index in [0.717, 1.165) is 0 Å². The van der Waals surface area contributed by atoms with Gasteiger partial charge in [0.2, 0.25) is 5.91 Å². The fraction of sp³-hybridized carbons (Fsp3) is 0.0714. The molecule has 0 aliphatic rings. The minimum Gasteiger partial charge on any atom is -0.454 e. The quantitative estimate of drug-likeness (QED) is 0.884. The van der Waals surface area contributed by atoms with Crippen LogP contribution in [0.3, 0.4) is 0 Å². The maximum Gasteiger partial charge on any atom is 0.248 e. The number of primary amides is 1. The Kier molecular flexibility index (Phi) is 3.77. The Morgan fingerprint density at radius 3 is 2.42 bits per heavy atom. The first-order valence-corrected chi connectivity index (χ1v) is 5.67. The second-order valence-electron chi connectivity index (χ2n) is 3.92. The molecule has 0 aliphatic heterocycles. The third-order valence-electron chi connectivity index (χ3n) is 2.63. The predicted molar refractivity (Wildman–Crippen MR) is 69.3 cm³/mol. The summed E-state index contributed by atoms with van der Waals surface area (Å²) in [4.78, 5) is 10.9. The van der Waals surface area contributed by atoms with E-state index in [0.29, 0.717) is 16.9 Å². The first-order valence-electron chi connectivity index (χ1n) is 5.67. The minimum absolute atomic E-state index is 0.0943. The monoisotopic (exact) mass is 260 g/mol. The summed E-state index contributed by atoms with van der Waals surface area (Å²) in [5.41, 5.74) is 11.6. The number of amides is 1. The molecule has 0 fully saturated rings. The van der Waals surface area contributed by atoms with E-state index in [4.69, 9.17) is 16.2 Å². The lowest BCUT2D eigenvalue weighted by Crippen LogP contribution is -2.10. The number of para-hydroxylation sites is 1. The van der Waals surface area contributed by atoms with Gasteiger partial charge in [-0.25, -0.2) is 4.39 Å². The van der Waals surface area contributed by atoms with Crippen LogP contribution in [0.1, 0.15) is 15.9 Å². The molecule has 19 heavy (non-hydrogen) atoms. The molecule has 2 rings (SSSR count). The van der Waals surface area contributed by atoms with Gasteiger partial charge in [-0.15, -0.1) is 0 Å². The molecule has 98 valence electrons. The largest absolute Gasteiger partial charge is 0.454 e. The Morgan fingerprint density at radius 2 is 1.84 bits per heavy atom. The van der Waals surface area contributed by atoms with E-state index in [1.807, 2.05) is 0 Å². The Morgan fingerprint density at radius 1 is 1.16 bits per heavy atom. The second kappa shape index (κ2) is 5.49. The van der Waals surface area contributed by atoms with Gasteiger partial charge in [0.25, 0.3) is 0 Å². The molecule has 5 heteroatoms. The first kappa shape index (κ1) is 13.0. The Labute approximate surface area is 109 Å². The third-order valence-corrected chi connectivity index (χ3v) is 2.63. The van der Waals surface area contributed by atoms with Gasteiger partial charge < -0.3 is 16.2 Å². The van der Waals surface area contributed by atoms with E-state index in [-0.39, 0.29) is 12.3 Å². The van der Waals surface area contributed by atoms with Crippen molar-refractivity contribution in [3.63, 3.8) is 0 Å². The average Bonchev–Trinajstić information content (AvgIpc) is 2.41. The number of carbonyl (C=O) groups is 1. The van der Waals surface area contributed by atoms with Crippen LogP contribution in [0.5, 0.6) is 11.5 Å². The van der Waals surface area contributed by atoms with E-state index in [1.165, 1.54) is 18.2 Å². The maximum absolute atomic E-state index is 13.7. The fourth-order valence-electron chi connectivity index (χ4n) is 1.63. The Hall–Kier alpha value is -2.40. The van der Waals surface area contributed by atoms with Crippen LogP contribution in [0.25, 0.3) is 0 Å². The van der Waals surface area contributed by atoms with Crippen molar-refractivity contribution in [3.8, 4) is 11.5 Å². The number of ether oxygens (including phenoxy) is 1. The van der Waals surface area contributed by atoms with Crippen molar-refractivity contribution < 1.29 is 13.9 Å². The van der Waals surface area contributed by atoms with Gasteiger partial charge >= 0.3 is 0 Å². The molecule has 4 N–H and O–H groups in total. The second-order valence-corrected chi connectivity index (χ2v) is 3.92. The Balaban J connectivity index is 2.28. The number of nitrogens with two attached hydrogens (primary N) is 2. The van der Waals surface area contributed by atoms with Crippen LogP contribution in [0, 0.1) is 5.82 Å². The molecule has 0 radical (unpaired) electrons. The lowest BCUT2D eigenvalue weighted by Gasteiger charge is -2.11. The molecular formula is C14H13FN2O2. The number of rotatable bonds is 4. The van der Waals surface area contributed by atoms with Crippen LogP contribution in [0.4, 0.5) is 4.39 Å². The molecule has 2 aromatic carbocycles. The SMILES string of the molecule is NCc1cccc(F)c1Oc1ccc(C(N)=O)cc1. The molecule has 0 bridgehead atoms. The highest BCUT2D eigenvalue weighted by atomic mass is 19.1. The molecule has 1 amide bonds. The van der Waals surface area contributed by atoms with Gasteiger partial charge in [-0.2, -0.15) is 0 Å². The van der Waals surface area contributed by atoms with E-state index in [2.05, 4.69) is 0 Å². The van der Waals surface area contributed by atoms with E-state index >= 15 is 0 Å². The van der Waals surface area contributed by atoms with Crippen LogP contribution >= 0.6 is 0 Å². The molecule has 0 spiro atoms. The van der Waals surface area contributed by atoms with Gasteiger partial charge in [0.15, 0.2) is 11.6 Å². The number of hydrogen-bond acceptors (Lipinski definition) is 3. The molecule has 0 saturated carbocycles. The summed E-state index contributed by atoms with van der Waals surface area (Å²) in [6.45, 7) is 0.173. The normalized spacial score (nSPS) is 10.2. The number of benzene rings is 2. The molecule has 0 atom stereocenters. The standard InChI is InChI=1S/C14H13FN2O2/c15-12-3-1-2-10(8-16)13(12)19-11-6-4-9(5-7-11)14(17)18/h1-7H,8,16H2,(H2,17,18). The van der Waals surface area contributed by atoms with Crippen LogP contribution < -0.4 is 16.2 Å². The summed E-state index contributed by atoms with van der Waals surface area (Å²) in [6, 6.07) is 10.7. The maximum atomic E-state index is 13.7. The lowest BCUT2D eigenvalue weighted by atomic mass is 10.2. The highest BCUT2D eigenvalue weighted by Crippen LogP contribution is 2.28. The molecule has 0 unspecified atom stereocenters. The first-order chi connectivity index (χ1) is 9.11. The van der Waals surface area contributed by atoms with Gasteiger partial charge in [-0.05, 0) is 30.3 Å². The van der Waals surface area contributed by atoms with Crippen molar-refractivity contribution in [2.75, 3.05) is 0 Å². The molecule has 0 aromatic heterocycles. The van der Waals surface area contributed by atoms with Crippen LogP contribution in [0.15, 0.2) is 42.5 Å². The van der Waals surface area contributed by atoms with Gasteiger partial charge in [-0.3, -0.25) is 4.79 Å². The van der Waals surface area contributed by atoms with E-state index in [1.54, 1.807) is 24.3 Å². The van der Waals surface area contributed by atoms with Crippen molar-refractivity contribution >= 4 is 5.91 Å². The predicted octanol–water partition coefficient (Wildman–Crippen LogP) is 2.18. The average molecular weight is 260 g/mol. The Bertz CT molecular complexity index is 597. The zero-order valence-corrected chi connectivity index (χ0v) is 10.1. The molecule has 4 nitrogen and oxygen atoms in total. The van der Waals surface area contributed by atoms with Gasteiger partial charge in [-0.1, -0.05) is 12.1 Å². The topological polar surface area (TPSA) is 78.3 Å². The lowest BCUT2D eigenvalue weighted by molar-refractivity contribution is 0.100. The summed E-state index contributed by atoms with van der Waals surface area (Å²) in [6.07, 6.45) is 0. The summed E-state index contributed by atoms with van der Waals surface area (Å²) < 4.78 is 19.1. The summed E-state index contributed by atoms with van der Waals surface area (Å²) >= 11 is 0. The highest BCUT2D eigenvalue weighted by molar-refractivity contribution is 5.92. The molecule has 0 saturated heterocycles. The number of hydrogen-bond donors (Lipinski definition) is 2. The third kappa shape index (κ3) is 2.89.